The zero-order valence-electron chi connectivity index (χ0n) is 11.8. The minimum Gasteiger partial charge on any atom is -0.506 e. The predicted molar refractivity (Wildman–Crippen MR) is 77.8 cm³/mol. The van der Waals surface area contributed by atoms with Crippen LogP contribution in [-0.4, -0.2) is 41.6 Å². The van der Waals surface area contributed by atoms with E-state index >= 15 is 0 Å². The normalized spacial score (nSPS) is 11.7. The van der Waals surface area contributed by atoms with Crippen molar-refractivity contribution in [1.82, 2.24) is 10.2 Å². The second-order valence-corrected chi connectivity index (χ2v) is 5.58. The molecule has 4 nitrogen and oxygen atoms in total. The summed E-state index contributed by atoms with van der Waals surface area (Å²) in [7, 11) is 2.02. The highest BCUT2D eigenvalue weighted by Gasteiger charge is 2.23. The smallest absolute Gasteiger partial charge is 0.251 e. The van der Waals surface area contributed by atoms with Crippen molar-refractivity contribution in [2.45, 2.75) is 26.3 Å². The first-order valence-electron chi connectivity index (χ1n) is 6.26. The summed E-state index contributed by atoms with van der Waals surface area (Å²) in [4.78, 5) is 14.2. The Kier molecular flexibility index (Phi) is 5.20. The largest absolute Gasteiger partial charge is 0.506 e. The molecule has 0 aliphatic rings. The van der Waals surface area contributed by atoms with Crippen LogP contribution in [0, 0.1) is 0 Å². The lowest BCUT2D eigenvalue weighted by atomic mass is 10.0. The van der Waals surface area contributed by atoms with Gasteiger partial charge >= 0.3 is 0 Å². The Bertz CT molecular complexity index is 461. The Morgan fingerprint density at radius 1 is 1.47 bits per heavy atom. The van der Waals surface area contributed by atoms with E-state index in [2.05, 4.69) is 31.0 Å². The summed E-state index contributed by atoms with van der Waals surface area (Å²) in [5.41, 5.74) is 0.322. The van der Waals surface area contributed by atoms with Crippen molar-refractivity contribution in [3.63, 3.8) is 0 Å². The van der Waals surface area contributed by atoms with Gasteiger partial charge in [0.15, 0.2) is 0 Å². The third-order valence-corrected chi connectivity index (χ3v) is 3.70. The molecule has 1 aromatic rings. The molecule has 0 atom stereocenters. The zero-order chi connectivity index (χ0) is 14.6. The molecule has 0 aliphatic carbocycles. The van der Waals surface area contributed by atoms with E-state index in [-0.39, 0.29) is 22.2 Å². The molecule has 2 N–H and O–H groups in total. The van der Waals surface area contributed by atoms with Crippen molar-refractivity contribution in [3.05, 3.63) is 28.8 Å². The molecule has 0 radical (unpaired) electrons. The molecule has 5 heteroatoms. The molecule has 0 aromatic heterocycles. The lowest BCUT2D eigenvalue weighted by Crippen LogP contribution is -2.49. The Morgan fingerprint density at radius 3 is 2.63 bits per heavy atom. The molecule has 0 aliphatic heterocycles. The van der Waals surface area contributed by atoms with Crippen LogP contribution in [0.3, 0.4) is 0 Å². The topological polar surface area (TPSA) is 52.6 Å². The SMILES string of the molecule is CCN(C)C(C)(C)CNC(=O)c1ccc(O)c(Cl)c1. The van der Waals surface area contributed by atoms with Crippen molar-refractivity contribution in [3.8, 4) is 5.75 Å². The van der Waals surface area contributed by atoms with Gasteiger partial charge in [0.1, 0.15) is 5.75 Å². The molecule has 0 heterocycles. The van der Waals surface area contributed by atoms with Gasteiger partial charge in [0.25, 0.3) is 5.91 Å². The number of amides is 1. The van der Waals surface area contributed by atoms with Crippen molar-refractivity contribution in [2.75, 3.05) is 20.1 Å². The number of rotatable bonds is 5. The van der Waals surface area contributed by atoms with E-state index in [1.165, 1.54) is 12.1 Å². The van der Waals surface area contributed by atoms with Crippen molar-refractivity contribution >= 4 is 17.5 Å². The number of benzene rings is 1. The molecule has 0 bridgehead atoms. The lowest BCUT2D eigenvalue weighted by molar-refractivity contribution is 0.0908. The highest BCUT2D eigenvalue weighted by molar-refractivity contribution is 6.32. The first-order chi connectivity index (χ1) is 8.77. The van der Waals surface area contributed by atoms with Gasteiger partial charge in [0.05, 0.1) is 5.02 Å². The molecule has 0 spiro atoms. The van der Waals surface area contributed by atoms with Gasteiger partial charge < -0.3 is 10.4 Å². The van der Waals surface area contributed by atoms with Crippen LogP contribution in [0.15, 0.2) is 18.2 Å². The van der Waals surface area contributed by atoms with Crippen LogP contribution in [0.4, 0.5) is 0 Å². The summed E-state index contributed by atoms with van der Waals surface area (Å²) in [6, 6.07) is 4.43. The highest BCUT2D eigenvalue weighted by atomic mass is 35.5. The molecule has 1 rings (SSSR count). The molecular formula is C14H21ClN2O2. The van der Waals surface area contributed by atoms with Crippen LogP contribution in [0.25, 0.3) is 0 Å². The number of phenolic OH excluding ortho intramolecular Hbond substituents is 1. The van der Waals surface area contributed by atoms with E-state index in [4.69, 9.17) is 11.6 Å². The molecule has 0 unspecified atom stereocenters. The Labute approximate surface area is 119 Å². The fraction of sp³-hybridized carbons (Fsp3) is 0.500. The molecule has 19 heavy (non-hydrogen) atoms. The number of aromatic hydroxyl groups is 1. The molecule has 1 aromatic carbocycles. The van der Waals surface area contributed by atoms with Crippen LogP contribution in [0.5, 0.6) is 5.75 Å². The minimum absolute atomic E-state index is 0.0238. The number of carbonyl (C=O) groups is 1. The van der Waals surface area contributed by atoms with Gasteiger partial charge in [0.2, 0.25) is 0 Å². The van der Waals surface area contributed by atoms with Gasteiger partial charge in [-0.2, -0.15) is 0 Å². The first kappa shape index (κ1) is 15.8. The van der Waals surface area contributed by atoms with E-state index < -0.39 is 0 Å². The van der Waals surface area contributed by atoms with Crippen LogP contribution in [-0.2, 0) is 0 Å². The van der Waals surface area contributed by atoms with E-state index in [1.54, 1.807) is 6.07 Å². The van der Waals surface area contributed by atoms with E-state index in [1.807, 2.05) is 7.05 Å². The number of nitrogens with one attached hydrogen (secondary N) is 1. The van der Waals surface area contributed by atoms with E-state index in [0.29, 0.717) is 12.1 Å². The average molecular weight is 285 g/mol. The van der Waals surface area contributed by atoms with Gasteiger partial charge in [-0.05, 0) is 45.6 Å². The maximum absolute atomic E-state index is 12.0. The number of halogens is 1. The highest BCUT2D eigenvalue weighted by Crippen LogP contribution is 2.23. The monoisotopic (exact) mass is 284 g/mol. The number of phenols is 1. The molecule has 0 saturated heterocycles. The average Bonchev–Trinajstić information content (AvgIpc) is 2.38. The summed E-state index contributed by atoms with van der Waals surface area (Å²) in [6.45, 7) is 7.66. The second kappa shape index (κ2) is 6.26. The van der Waals surface area contributed by atoms with Gasteiger partial charge in [-0.15, -0.1) is 0 Å². The predicted octanol–water partition coefficient (Wildman–Crippen LogP) is 2.51. The standard InChI is InChI=1S/C14H21ClN2O2/c1-5-17(4)14(2,3)9-16-13(19)10-6-7-12(18)11(15)8-10/h6-8,18H,5,9H2,1-4H3,(H,16,19). The second-order valence-electron chi connectivity index (χ2n) is 5.18. The summed E-state index contributed by atoms with van der Waals surface area (Å²) in [6.07, 6.45) is 0. The quantitative estimate of drug-likeness (QED) is 0.873. The third-order valence-electron chi connectivity index (χ3n) is 3.40. The third kappa shape index (κ3) is 4.11. The number of nitrogens with zero attached hydrogens (tertiary/aromatic N) is 1. The van der Waals surface area contributed by atoms with Crippen molar-refractivity contribution in [1.29, 1.82) is 0 Å². The van der Waals surface area contributed by atoms with Gasteiger partial charge in [-0.25, -0.2) is 0 Å². The number of likely N-dealkylation sites (N-methyl/N-ethyl adjacent to an activating group) is 1. The van der Waals surface area contributed by atoms with Gasteiger partial charge in [-0.3, -0.25) is 9.69 Å². The Morgan fingerprint density at radius 2 is 2.11 bits per heavy atom. The summed E-state index contributed by atoms with van der Waals surface area (Å²) in [5.74, 6) is -0.219. The lowest BCUT2D eigenvalue weighted by Gasteiger charge is -2.34. The maximum atomic E-state index is 12.0. The molecule has 106 valence electrons. The van der Waals surface area contributed by atoms with E-state index in [0.717, 1.165) is 6.54 Å². The molecule has 1 amide bonds. The maximum Gasteiger partial charge on any atom is 0.251 e. The van der Waals surface area contributed by atoms with Crippen LogP contribution < -0.4 is 5.32 Å². The number of hydrogen-bond donors (Lipinski definition) is 2. The zero-order valence-corrected chi connectivity index (χ0v) is 12.6. The van der Waals surface area contributed by atoms with Crippen molar-refractivity contribution < 1.29 is 9.90 Å². The summed E-state index contributed by atoms with van der Waals surface area (Å²) < 4.78 is 0. The molecule has 0 saturated carbocycles. The summed E-state index contributed by atoms with van der Waals surface area (Å²) >= 11 is 5.78. The first-order valence-corrected chi connectivity index (χ1v) is 6.63. The van der Waals surface area contributed by atoms with Gasteiger partial charge in [-0.1, -0.05) is 18.5 Å². The fourth-order valence-corrected chi connectivity index (χ4v) is 1.79. The van der Waals surface area contributed by atoms with E-state index in [9.17, 15) is 9.90 Å². The number of carbonyl (C=O) groups excluding carboxylic acids is 1. The fourth-order valence-electron chi connectivity index (χ4n) is 1.61. The Hall–Kier alpha value is -1.26. The number of hydrogen-bond acceptors (Lipinski definition) is 3. The van der Waals surface area contributed by atoms with Crippen molar-refractivity contribution in [2.24, 2.45) is 0 Å². The summed E-state index contributed by atoms with van der Waals surface area (Å²) in [5, 5.41) is 12.4. The molecule has 0 fully saturated rings. The minimum atomic E-state index is -0.195. The molecular weight excluding hydrogens is 264 g/mol. The van der Waals surface area contributed by atoms with Crippen LogP contribution in [0.2, 0.25) is 5.02 Å². The van der Waals surface area contributed by atoms with Gasteiger partial charge in [0, 0.05) is 17.6 Å². The Balaban J connectivity index is 2.68. The van der Waals surface area contributed by atoms with Crippen LogP contribution >= 0.6 is 11.6 Å². The van der Waals surface area contributed by atoms with Crippen LogP contribution in [0.1, 0.15) is 31.1 Å².